The molecule has 2 aromatic carbocycles. The molecule has 0 saturated carbocycles. The van der Waals surface area contributed by atoms with Gasteiger partial charge in [0.2, 0.25) is 0 Å². The molecule has 0 aliphatic carbocycles. The molecule has 0 spiro atoms. The number of nitrogens with one attached hydrogen (secondary N) is 1. The van der Waals surface area contributed by atoms with Crippen molar-refractivity contribution < 1.29 is 14.0 Å². The number of nitrogens with zero attached hydrogens (tertiary/aromatic N) is 2. The minimum Gasteiger partial charge on any atom is -0.329 e. The SMILES string of the molecule is C=CCN1C(=O)NC(c2ccc(F)cc2)C2=C1CN(Cc1ccccc1)C2=O. The summed E-state index contributed by atoms with van der Waals surface area (Å²) >= 11 is 0. The van der Waals surface area contributed by atoms with Crippen LogP contribution in [0.1, 0.15) is 17.2 Å². The van der Waals surface area contributed by atoms with Gasteiger partial charge >= 0.3 is 6.03 Å². The van der Waals surface area contributed by atoms with Crippen molar-refractivity contribution in [1.82, 2.24) is 15.1 Å². The molecule has 3 amide bonds. The van der Waals surface area contributed by atoms with Gasteiger partial charge in [-0.05, 0) is 23.3 Å². The summed E-state index contributed by atoms with van der Waals surface area (Å²) in [5, 5.41) is 2.88. The molecule has 2 aliphatic rings. The van der Waals surface area contributed by atoms with Crippen molar-refractivity contribution in [2.75, 3.05) is 13.1 Å². The largest absolute Gasteiger partial charge is 0.329 e. The zero-order valence-corrected chi connectivity index (χ0v) is 15.3. The number of urea groups is 1. The standard InChI is InChI=1S/C22H20FN3O2/c1-2-12-26-18-14-25(13-15-6-4-3-5-7-15)21(27)19(18)20(24-22(26)28)16-8-10-17(23)11-9-16/h2-11,20H,1,12-14H2,(H,24,28). The lowest BCUT2D eigenvalue weighted by atomic mass is 9.95. The van der Waals surface area contributed by atoms with Gasteiger partial charge in [-0.2, -0.15) is 0 Å². The first-order chi connectivity index (χ1) is 13.6. The first-order valence-electron chi connectivity index (χ1n) is 9.09. The predicted octanol–water partition coefficient (Wildman–Crippen LogP) is 3.37. The summed E-state index contributed by atoms with van der Waals surface area (Å²) < 4.78 is 13.3. The Balaban J connectivity index is 1.70. The molecule has 2 aromatic rings. The van der Waals surface area contributed by atoms with E-state index in [1.54, 1.807) is 28.0 Å². The van der Waals surface area contributed by atoms with Crippen LogP contribution in [0.4, 0.5) is 9.18 Å². The maximum atomic E-state index is 13.3. The van der Waals surface area contributed by atoms with E-state index in [9.17, 15) is 14.0 Å². The molecule has 6 heteroatoms. The molecule has 0 saturated heterocycles. The van der Waals surface area contributed by atoms with E-state index in [2.05, 4.69) is 11.9 Å². The Kier molecular flexibility index (Phi) is 4.69. The van der Waals surface area contributed by atoms with Crippen LogP contribution >= 0.6 is 0 Å². The van der Waals surface area contributed by atoms with E-state index in [0.717, 1.165) is 5.56 Å². The Morgan fingerprint density at radius 2 is 1.82 bits per heavy atom. The summed E-state index contributed by atoms with van der Waals surface area (Å²) in [6.45, 7) is 4.83. The molecule has 0 aromatic heterocycles. The lowest BCUT2D eigenvalue weighted by molar-refractivity contribution is -0.126. The monoisotopic (exact) mass is 377 g/mol. The highest BCUT2D eigenvalue weighted by Crippen LogP contribution is 2.36. The van der Waals surface area contributed by atoms with Crippen molar-refractivity contribution in [2.45, 2.75) is 12.6 Å². The number of rotatable bonds is 5. The minimum absolute atomic E-state index is 0.123. The van der Waals surface area contributed by atoms with Crippen LogP contribution in [0.2, 0.25) is 0 Å². The molecule has 142 valence electrons. The van der Waals surface area contributed by atoms with Crippen LogP contribution in [0.5, 0.6) is 0 Å². The number of hydrogen-bond donors (Lipinski definition) is 1. The number of carbonyl (C=O) groups excluding carboxylic acids is 2. The van der Waals surface area contributed by atoms with E-state index in [0.29, 0.717) is 36.5 Å². The maximum absolute atomic E-state index is 13.3. The van der Waals surface area contributed by atoms with E-state index in [-0.39, 0.29) is 17.8 Å². The van der Waals surface area contributed by atoms with Crippen molar-refractivity contribution in [2.24, 2.45) is 0 Å². The lowest BCUT2D eigenvalue weighted by Crippen LogP contribution is -2.47. The Bertz CT molecular complexity index is 954. The van der Waals surface area contributed by atoms with E-state index in [4.69, 9.17) is 0 Å². The van der Waals surface area contributed by atoms with Crippen LogP contribution in [0.3, 0.4) is 0 Å². The van der Waals surface area contributed by atoms with Crippen LogP contribution in [0.25, 0.3) is 0 Å². The molecule has 5 nitrogen and oxygen atoms in total. The quantitative estimate of drug-likeness (QED) is 0.813. The molecule has 1 N–H and O–H groups in total. The molecule has 2 heterocycles. The number of amides is 3. The number of hydrogen-bond acceptors (Lipinski definition) is 2. The molecule has 0 bridgehead atoms. The third-order valence-electron chi connectivity index (χ3n) is 5.03. The summed E-state index contributed by atoms with van der Waals surface area (Å²) in [7, 11) is 0. The fourth-order valence-corrected chi connectivity index (χ4v) is 3.71. The molecular formula is C22H20FN3O2. The lowest BCUT2D eigenvalue weighted by Gasteiger charge is -2.33. The highest BCUT2D eigenvalue weighted by molar-refractivity contribution is 6.01. The zero-order valence-electron chi connectivity index (χ0n) is 15.3. The first-order valence-corrected chi connectivity index (χ1v) is 9.09. The minimum atomic E-state index is -0.600. The van der Waals surface area contributed by atoms with Gasteiger partial charge in [0.05, 0.1) is 23.9 Å². The smallest absolute Gasteiger partial charge is 0.322 e. The van der Waals surface area contributed by atoms with E-state index >= 15 is 0 Å². The predicted molar refractivity (Wildman–Crippen MR) is 103 cm³/mol. The van der Waals surface area contributed by atoms with Crippen molar-refractivity contribution in [1.29, 1.82) is 0 Å². The molecule has 28 heavy (non-hydrogen) atoms. The van der Waals surface area contributed by atoms with Gasteiger partial charge < -0.3 is 10.2 Å². The van der Waals surface area contributed by atoms with Gasteiger partial charge in [0.25, 0.3) is 5.91 Å². The Morgan fingerprint density at radius 3 is 2.50 bits per heavy atom. The summed E-state index contributed by atoms with van der Waals surface area (Å²) in [5.41, 5.74) is 2.90. The maximum Gasteiger partial charge on any atom is 0.322 e. The second-order valence-corrected chi connectivity index (χ2v) is 6.84. The van der Waals surface area contributed by atoms with Crippen LogP contribution in [-0.4, -0.2) is 34.8 Å². The Labute approximate surface area is 162 Å². The van der Waals surface area contributed by atoms with Crippen molar-refractivity contribution >= 4 is 11.9 Å². The van der Waals surface area contributed by atoms with Crippen molar-refractivity contribution in [3.05, 3.63) is 95.5 Å². The van der Waals surface area contributed by atoms with Gasteiger partial charge in [0.1, 0.15) is 5.82 Å². The van der Waals surface area contributed by atoms with E-state index in [1.165, 1.54) is 12.1 Å². The fourth-order valence-electron chi connectivity index (χ4n) is 3.71. The zero-order chi connectivity index (χ0) is 19.7. The van der Waals surface area contributed by atoms with Crippen molar-refractivity contribution in [3.63, 3.8) is 0 Å². The van der Waals surface area contributed by atoms with Crippen LogP contribution in [0.15, 0.2) is 78.5 Å². The number of carbonyl (C=O) groups is 2. The highest BCUT2D eigenvalue weighted by Gasteiger charge is 2.43. The summed E-state index contributed by atoms with van der Waals surface area (Å²) in [5.74, 6) is -0.487. The molecule has 0 radical (unpaired) electrons. The van der Waals surface area contributed by atoms with E-state index < -0.39 is 6.04 Å². The summed E-state index contributed by atoms with van der Waals surface area (Å²) in [6.07, 6.45) is 1.63. The Morgan fingerprint density at radius 1 is 1.11 bits per heavy atom. The summed E-state index contributed by atoms with van der Waals surface area (Å²) in [6, 6.07) is 14.7. The second-order valence-electron chi connectivity index (χ2n) is 6.84. The molecule has 2 aliphatic heterocycles. The molecule has 4 rings (SSSR count). The third kappa shape index (κ3) is 3.17. The van der Waals surface area contributed by atoms with Gasteiger partial charge in [0, 0.05) is 13.1 Å². The first kappa shape index (κ1) is 18.0. The average molecular weight is 377 g/mol. The molecule has 1 unspecified atom stereocenters. The van der Waals surface area contributed by atoms with Crippen LogP contribution < -0.4 is 5.32 Å². The van der Waals surface area contributed by atoms with Crippen molar-refractivity contribution in [3.8, 4) is 0 Å². The third-order valence-corrected chi connectivity index (χ3v) is 5.03. The Hall–Kier alpha value is -3.41. The molecular weight excluding hydrogens is 357 g/mol. The normalized spacial score (nSPS) is 19.0. The molecule has 1 atom stereocenters. The van der Waals surface area contributed by atoms with Crippen LogP contribution in [-0.2, 0) is 11.3 Å². The number of halogens is 1. The fraction of sp³-hybridized carbons (Fsp3) is 0.182. The highest BCUT2D eigenvalue weighted by atomic mass is 19.1. The topological polar surface area (TPSA) is 52.7 Å². The van der Waals surface area contributed by atoms with Gasteiger partial charge in [-0.1, -0.05) is 48.5 Å². The van der Waals surface area contributed by atoms with E-state index in [1.807, 2.05) is 30.3 Å². The number of benzene rings is 2. The van der Waals surface area contributed by atoms with Gasteiger partial charge in [-0.25, -0.2) is 9.18 Å². The summed E-state index contributed by atoms with van der Waals surface area (Å²) in [4.78, 5) is 29.2. The van der Waals surface area contributed by atoms with Gasteiger partial charge in [-0.3, -0.25) is 9.69 Å². The second kappa shape index (κ2) is 7.31. The van der Waals surface area contributed by atoms with Crippen LogP contribution in [0, 0.1) is 5.82 Å². The van der Waals surface area contributed by atoms with Gasteiger partial charge in [0.15, 0.2) is 0 Å². The average Bonchev–Trinajstić information content (AvgIpc) is 3.02. The van der Waals surface area contributed by atoms with Gasteiger partial charge in [-0.15, -0.1) is 6.58 Å². The molecule has 0 fully saturated rings.